The van der Waals surface area contributed by atoms with Crippen molar-refractivity contribution in [2.45, 2.75) is 51.5 Å². The van der Waals surface area contributed by atoms with Gasteiger partial charge in [0.2, 0.25) is 0 Å². The number of urea groups is 1. The van der Waals surface area contributed by atoms with Crippen molar-refractivity contribution < 1.29 is 9.53 Å². The van der Waals surface area contributed by atoms with Gasteiger partial charge < -0.3 is 15.4 Å². The maximum absolute atomic E-state index is 11.9. The number of hydrogen-bond acceptors (Lipinski definition) is 2. The minimum absolute atomic E-state index is 0.0941. The number of carbonyl (C=O) groups is 1. The number of aryl methyl sites for hydroxylation is 1. The molecule has 0 aliphatic heterocycles. The van der Waals surface area contributed by atoms with Crippen molar-refractivity contribution in [1.29, 1.82) is 0 Å². The fraction of sp³-hybridized carbons (Fsp3) is 0.588. The van der Waals surface area contributed by atoms with Gasteiger partial charge in [-0.25, -0.2) is 4.79 Å². The van der Waals surface area contributed by atoms with Gasteiger partial charge in [0.05, 0.1) is 6.54 Å². The third-order valence-electron chi connectivity index (χ3n) is 3.97. The van der Waals surface area contributed by atoms with E-state index in [0.717, 1.165) is 24.2 Å². The average Bonchev–Trinajstić information content (AvgIpc) is 2.74. The highest BCUT2D eigenvalue weighted by atomic mass is 35.5. The number of halogens is 1. The Kier molecular flexibility index (Phi) is 6.84. The molecule has 1 fully saturated rings. The zero-order valence-corrected chi connectivity index (χ0v) is 13.9. The summed E-state index contributed by atoms with van der Waals surface area (Å²) in [6.45, 7) is 2.88. The van der Waals surface area contributed by atoms with Crippen molar-refractivity contribution in [1.82, 2.24) is 10.6 Å². The molecule has 2 N–H and O–H groups in total. The van der Waals surface area contributed by atoms with Crippen LogP contribution < -0.4 is 15.4 Å². The molecule has 0 radical (unpaired) electrons. The number of nitrogens with one attached hydrogen (secondary N) is 2. The van der Waals surface area contributed by atoms with E-state index in [1.165, 1.54) is 25.7 Å². The van der Waals surface area contributed by atoms with Gasteiger partial charge >= 0.3 is 6.03 Å². The third-order valence-corrected chi connectivity index (χ3v) is 4.21. The van der Waals surface area contributed by atoms with E-state index >= 15 is 0 Å². The lowest BCUT2D eigenvalue weighted by Crippen LogP contribution is -2.43. The lowest BCUT2D eigenvalue weighted by Gasteiger charge is -2.17. The smallest absolute Gasteiger partial charge is 0.315 e. The summed E-state index contributed by atoms with van der Waals surface area (Å²) in [5.41, 5.74) is 0.996. The van der Waals surface area contributed by atoms with Crippen LogP contribution >= 0.6 is 11.6 Å². The fourth-order valence-corrected chi connectivity index (χ4v) is 2.99. The Morgan fingerprint density at radius 2 is 2.00 bits per heavy atom. The molecular weight excluding hydrogens is 300 g/mol. The highest BCUT2D eigenvalue weighted by Crippen LogP contribution is 2.21. The Bertz CT molecular complexity index is 486. The Morgan fingerprint density at radius 1 is 1.27 bits per heavy atom. The fourth-order valence-electron chi connectivity index (χ4n) is 2.76. The molecule has 122 valence electrons. The molecule has 0 saturated heterocycles. The summed E-state index contributed by atoms with van der Waals surface area (Å²) in [6, 6.07) is 5.74. The summed E-state index contributed by atoms with van der Waals surface area (Å²) in [5.74, 6) is 0.801. The monoisotopic (exact) mass is 324 g/mol. The molecule has 0 aromatic heterocycles. The van der Waals surface area contributed by atoms with E-state index in [1.807, 2.05) is 19.1 Å². The lowest BCUT2D eigenvalue weighted by molar-refractivity contribution is 0.231. The second kappa shape index (κ2) is 8.89. The van der Waals surface area contributed by atoms with Gasteiger partial charge in [-0.2, -0.15) is 0 Å². The van der Waals surface area contributed by atoms with Crippen molar-refractivity contribution in [2.24, 2.45) is 0 Å². The van der Waals surface area contributed by atoms with Crippen LogP contribution in [0.2, 0.25) is 5.02 Å². The highest BCUT2D eigenvalue weighted by Gasteiger charge is 2.14. The van der Waals surface area contributed by atoms with E-state index in [9.17, 15) is 4.79 Å². The van der Waals surface area contributed by atoms with Gasteiger partial charge in [0.25, 0.3) is 0 Å². The van der Waals surface area contributed by atoms with Crippen LogP contribution in [0.25, 0.3) is 0 Å². The zero-order chi connectivity index (χ0) is 15.8. The van der Waals surface area contributed by atoms with Crippen LogP contribution in [0.15, 0.2) is 18.2 Å². The van der Waals surface area contributed by atoms with Gasteiger partial charge in [-0.05, 0) is 43.5 Å². The van der Waals surface area contributed by atoms with Crippen LogP contribution in [0.4, 0.5) is 4.79 Å². The van der Waals surface area contributed by atoms with Crippen molar-refractivity contribution in [2.75, 3.05) is 13.2 Å². The molecule has 1 aromatic rings. The van der Waals surface area contributed by atoms with Crippen molar-refractivity contribution in [3.05, 3.63) is 28.8 Å². The second-order valence-corrected chi connectivity index (χ2v) is 6.28. The molecule has 1 saturated carbocycles. The predicted molar refractivity (Wildman–Crippen MR) is 89.7 cm³/mol. The minimum atomic E-state index is -0.0941. The molecule has 4 nitrogen and oxygen atoms in total. The Hall–Kier alpha value is -1.42. The molecule has 5 heteroatoms. The van der Waals surface area contributed by atoms with Crippen LogP contribution in [0.3, 0.4) is 0 Å². The largest absolute Gasteiger partial charge is 0.491 e. The summed E-state index contributed by atoms with van der Waals surface area (Å²) in [5, 5.41) is 6.60. The number of rotatable bonds is 5. The van der Waals surface area contributed by atoms with E-state index in [2.05, 4.69) is 10.6 Å². The topological polar surface area (TPSA) is 50.4 Å². The first-order valence-electron chi connectivity index (χ1n) is 8.08. The number of amides is 2. The molecular formula is C17H25ClN2O2. The zero-order valence-electron chi connectivity index (χ0n) is 13.2. The number of ether oxygens (including phenoxy) is 1. The molecule has 0 heterocycles. The standard InChI is InChI=1S/C17H25ClN2O2/c1-13-12-14(18)8-9-16(13)22-11-10-19-17(21)20-15-6-4-2-3-5-7-15/h8-9,12,15H,2-7,10-11H2,1H3,(H2,19,20,21). The first kappa shape index (κ1) is 16.9. The summed E-state index contributed by atoms with van der Waals surface area (Å²) < 4.78 is 5.65. The van der Waals surface area contributed by atoms with Crippen molar-refractivity contribution >= 4 is 17.6 Å². The Labute approximate surface area is 137 Å². The van der Waals surface area contributed by atoms with Gasteiger partial charge in [-0.15, -0.1) is 0 Å². The van der Waals surface area contributed by atoms with E-state index in [4.69, 9.17) is 16.3 Å². The van der Waals surface area contributed by atoms with Crippen LogP contribution in [0.5, 0.6) is 5.75 Å². The number of benzene rings is 1. The maximum Gasteiger partial charge on any atom is 0.315 e. The highest BCUT2D eigenvalue weighted by molar-refractivity contribution is 6.30. The number of hydrogen-bond donors (Lipinski definition) is 2. The van der Waals surface area contributed by atoms with Gasteiger partial charge in [0.1, 0.15) is 12.4 Å². The first-order chi connectivity index (χ1) is 10.6. The van der Waals surface area contributed by atoms with Gasteiger partial charge in [-0.3, -0.25) is 0 Å². The maximum atomic E-state index is 11.9. The molecule has 1 aliphatic carbocycles. The summed E-state index contributed by atoms with van der Waals surface area (Å²) >= 11 is 5.90. The summed E-state index contributed by atoms with van der Waals surface area (Å²) in [6.07, 6.45) is 7.18. The molecule has 0 spiro atoms. The third kappa shape index (κ3) is 5.76. The van der Waals surface area contributed by atoms with Gasteiger partial charge in [0, 0.05) is 11.1 Å². The SMILES string of the molecule is Cc1cc(Cl)ccc1OCCNC(=O)NC1CCCCCC1. The summed E-state index contributed by atoms with van der Waals surface area (Å²) in [7, 11) is 0. The van der Waals surface area contributed by atoms with Crippen molar-refractivity contribution in [3.63, 3.8) is 0 Å². The Balaban J connectivity index is 1.64. The van der Waals surface area contributed by atoms with E-state index in [0.29, 0.717) is 24.2 Å². The molecule has 22 heavy (non-hydrogen) atoms. The second-order valence-electron chi connectivity index (χ2n) is 5.85. The van der Waals surface area contributed by atoms with Crippen LogP contribution in [-0.4, -0.2) is 25.2 Å². The molecule has 2 rings (SSSR count). The first-order valence-corrected chi connectivity index (χ1v) is 8.46. The van der Waals surface area contributed by atoms with E-state index in [-0.39, 0.29) is 6.03 Å². The molecule has 2 amide bonds. The Morgan fingerprint density at radius 3 is 2.68 bits per heavy atom. The van der Waals surface area contributed by atoms with E-state index < -0.39 is 0 Å². The molecule has 0 unspecified atom stereocenters. The van der Waals surface area contributed by atoms with Gasteiger partial charge in [-0.1, -0.05) is 37.3 Å². The normalized spacial score (nSPS) is 15.9. The number of carbonyl (C=O) groups excluding carboxylic acids is 1. The molecule has 0 atom stereocenters. The van der Waals surface area contributed by atoms with E-state index in [1.54, 1.807) is 6.07 Å². The minimum Gasteiger partial charge on any atom is -0.491 e. The lowest BCUT2D eigenvalue weighted by atomic mass is 10.1. The van der Waals surface area contributed by atoms with Crippen molar-refractivity contribution in [3.8, 4) is 5.75 Å². The summed E-state index contributed by atoms with van der Waals surface area (Å²) in [4.78, 5) is 11.9. The van der Waals surface area contributed by atoms with Crippen LogP contribution in [-0.2, 0) is 0 Å². The molecule has 1 aromatic carbocycles. The predicted octanol–water partition coefficient (Wildman–Crippen LogP) is 4.05. The van der Waals surface area contributed by atoms with Crippen LogP contribution in [0, 0.1) is 6.92 Å². The van der Waals surface area contributed by atoms with Gasteiger partial charge in [0.15, 0.2) is 0 Å². The molecule has 1 aliphatic rings. The average molecular weight is 325 g/mol. The quantitative estimate of drug-likeness (QED) is 0.634. The van der Waals surface area contributed by atoms with Crippen LogP contribution in [0.1, 0.15) is 44.1 Å². The molecule has 0 bridgehead atoms.